The number of sulfonamides is 1. The third kappa shape index (κ3) is 5.51. The number of benzene rings is 1. The number of nitrogens with one attached hydrogen (secondary N) is 1. The molecule has 27 heavy (non-hydrogen) atoms. The van der Waals surface area contributed by atoms with Crippen molar-refractivity contribution in [1.82, 2.24) is 19.4 Å². The zero-order valence-electron chi connectivity index (χ0n) is 16.1. The molecule has 0 bridgehead atoms. The van der Waals surface area contributed by atoms with E-state index in [1.165, 1.54) is 9.87 Å². The molecular weight excluding hydrogens is 364 g/mol. The van der Waals surface area contributed by atoms with E-state index in [0.29, 0.717) is 19.5 Å². The van der Waals surface area contributed by atoms with Crippen molar-refractivity contribution in [2.24, 2.45) is 0 Å². The number of hydrogen-bond acceptors (Lipinski definition) is 5. The van der Waals surface area contributed by atoms with Crippen molar-refractivity contribution in [1.29, 1.82) is 0 Å². The van der Waals surface area contributed by atoms with Gasteiger partial charge in [-0.2, -0.15) is 4.31 Å². The first-order chi connectivity index (χ1) is 13.0. The highest BCUT2D eigenvalue weighted by molar-refractivity contribution is 7.89. The topological polar surface area (TPSA) is 73.0 Å². The van der Waals surface area contributed by atoms with Crippen LogP contribution in [0.5, 0.6) is 0 Å². The summed E-state index contributed by atoms with van der Waals surface area (Å²) in [5, 5.41) is 2.89. The van der Waals surface area contributed by atoms with Gasteiger partial charge in [0.2, 0.25) is 15.9 Å². The minimum absolute atomic E-state index is 0.0799. The van der Waals surface area contributed by atoms with Crippen molar-refractivity contribution in [3.63, 3.8) is 0 Å². The first-order valence-electron chi connectivity index (χ1n) is 9.74. The largest absolute Gasteiger partial charge is 0.351 e. The van der Waals surface area contributed by atoms with Crippen LogP contribution in [0.4, 0.5) is 0 Å². The molecule has 2 aliphatic heterocycles. The summed E-state index contributed by atoms with van der Waals surface area (Å²) in [7, 11) is -3.24. The van der Waals surface area contributed by atoms with Crippen LogP contribution < -0.4 is 5.32 Å². The molecule has 0 radical (unpaired) electrons. The maximum Gasteiger partial charge on any atom is 0.235 e. The van der Waals surface area contributed by atoms with Crippen LogP contribution in [-0.4, -0.2) is 80.0 Å². The van der Waals surface area contributed by atoms with Crippen LogP contribution in [0.1, 0.15) is 24.5 Å². The van der Waals surface area contributed by atoms with Gasteiger partial charge in [0.05, 0.1) is 12.3 Å². The van der Waals surface area contributed by atoms with Crippen LogP contribution in [-0.2, 0) is 27.9 Å². The van der Waals surface area contributed by atoms with E-state index in [2.05, 4.69) is 28.1 Å². The summed E-state index contributed by atoms with van der Waals surface area (Å²) < 4.78 is 24.9. The van der Waals surface area contributed by atoms with Gasteiger partial charge in [0.15, 0.2) is 0 Å². The fraction of sp³-hybridized carbons (Fsp3) is 0.632. The second-order valence-electron chi connectivity index (χ2n) is 7.26. The molecule has 0 unspecified atom stereocenters. The van der Waals surface area contributed by atoms with Gasteiger partial charge >= 0.3 is 0 Å². The predicted octanol–water partition coefficient (Wildman–Crippen LogP) is 0.476. The highest BCUT2D eigenvalue weighted by atomic mass is 32.2. The highest BCUT2D eigenvalue weighted by Gasteiger charge is 2.29. The Labute approximate surface area is 162 Å². The molecule has 1 amide bonds. The van der Waals surface area contributed by atoms with Gasteiger partial charge in [-0.15, -0.1) is 0 Å². The number of amides is 1. The summed E-state index contributed by atoms with van der Waals surface area (Å²) in [6.45, 7) is 9.27. The average molecular weight is 395 g/mol. The van der Waals surface area contributed by atoms with E-state index >= 15 is 0 Å². The summed E-state index contributed by atoms with van der Waals surface area (Å²) in [5.41, 5.74) is 2.31. The number of nitrogens with zero attached hydrogens (tertiary/aromatic N) is 3. The average Bonchev–Trinajstić information content (AvgIpc) is 2.99. The fourth-order valence-electron chi connectivity index (χ4n) is 3.67. The van der Waals surface area contributed by atoms with Gasteiger partial charge in [-0.25, -0.2) is 8.42 Å². The number of hydrogen-bond donors (Lipinski definition) is 1. The molecule has 0 saturated carbocycles. The van der Waals surface area contributed by atoms with E-state index in [-0.39, 0.29) is 18.2 Å². The molecule has 8 heteroatoms. The fourth-order valence-corrected chi connectivity index (χ4v) is 5.14. The number of rotatable bonds is 7. The predicted molar refractivity (Wildman–Crippen MR) is 106 cm³/mol. The first-order valence-corrected chi connectivity index (χ1v) is 11.3. The van der Waals surface area contributed by atoms with E-state index in [1.807, 2.05) is 18.2 Å². The molecule has 0 aromatic heterocycles. The van der Waals surface area contributed by atoms with Gasteiger partial charge in [0.1, 0.15) is 0 Å². The van der Waals surface area contributed by atoms with Crippen molar-refractivity contribution in [3.05, 3.63) is 35.4 Å². The number of carbonyl (C=O) groups is 1. The second-order valence-corrected chi connectivity index (χ2v) is 9.35. The summed E-state index contributed by atoms with van der Waals surface area (Å²) in [6.07, 6.45) is 0.601. The second kappa shape index (κ2) is 9.14. The van der Waals surface area contributed by atoms with Crippen LogP contribution in [0.2, 0.25) is 0 Å². The highest BCUT2D eigenvalue weighted by Crippen LogP contribution is 2.15. The van der Waals surface area contributed by atoms with Gasteiger partial charge in [-0.1, -0.05) is 31.2 Å². The van der Waals surface area contributed by atoms with Crippen LogP contribution in [0, 0.1) is 0 Å². The van der Waals surface area contributed by atoms with Gasteiger partial charge in [-0.3, -0.25) is 9.69 Å². The van der Waals surface area contributed by atoms with Crippen LogP contribution in [0.3, 0.4) is 0 Å². The van der Waals surface area contributed by atoms with Gasteiger partial charge in [0.25, 0.3) is 0 Å². The molecule has 2 saturated heterocycles. The first kappa shape index (κ1) is 20.3. The molecule has 1 aromatic rings. The minimum atomic E-state index is -3.24. The van der Waals surface area contributed by atoms with Crippen molar-refractivity contribution in [2.75, 3.05) is 51.6 Å². The van der Waals surface area contributed by atoms with E-state index < -0.39 is 10.0 Å². The number of likely N-dealkylation sites (N-methyl/N-ethyl adjacent to an activating group) is 1. The standard InChI is InChI=1S/C19H30N4O3S/c1-2-21-9-11-22(12-10-21)15-18-7-4-3-6-17(18)14-20-19(24)16-23-8-5-13-27(23,25)26/h3-4,6-7H,2,5,8-16H2,1H3,(H,20,24). The zero-order valence-corrected chi connectivity index (χ0v) is 16.9. The van der Waals surface area contributed by atoms with Crippen LogP contribution >= 0.6 is 0 Å². The molecule has 2 heterocycles. The van der Waals surface area contributed by atoms with E-state index in [0.717, 1.165) is 44.8 Å². The Hall–Kier alpha value is -1.48. The maximum atomic E-state index is 12.2. The Morgan fingerprint density at radius 2 is 1.70 bits per heavy atom. The molecule has 0 spiro atoms. The third-order valence-electron chi connectivity index (χ3n) is 5.42. The lowest BCUT2D eigenvalue weighted by Gasteiger charge is -2.34. The molecular formula is C19H30N4O3S. The summed E-state index contributed by atoms with van der Waals surface area (Å²) >= 11 is 0. The molecule has 0 aliphatic carbocycles. The lowest BCUT2D eigenvalue weighted by molar-refractivity contribution is -0.121. The van der Waals surface area contributed by atoms with Crippen molar-refractivity contribution >= 4 is 15.9 Å². The molecule has 1 aromatic carbocycles. The Morgan fingerprint density at radius 3 is 2.33 bits per heavy atom. The van der Waals surface area contributed by atoms with Crippen molar-refractivity contribution in [2.45, 2.75) is 26.4 Å². The lowest BCUT2D eigenvalue weighted by atomic mass is 10.1. The molecule has 2 aliphatic rings. The minimum Gasteiger partial charge on any atom is -0.351 e. The molecule has 0 atom stereocenters. The van der Waals surface area contributed by atoms with Gasteiger partial charge in [0, 0.05) is 45.8 Å². The van der Waals surface area contributed by atoms with Gasteiger partial charge < -0.3 is 10.2 Å². The maximum absolute atomic E-state index is 12.2. The normalized spacial score (nSPS) is 21.4. The van der Waals surface area contributed by atoms with Crippen molar-refractivity contribution < 1.29 is 13.2 Å². The number of piperazine rings is 1. The Morgan fingerprint density at radius 1 is 1.04 bits per heavy atom. The summed E-state index contributed by atoms with van der Waals surface area (Å²) in [5.74, 6) is -0.0964. The Kier molecular flexibility index (Phi) is 6.86. The van der Waals surface area contributed by atoms with Crippen LogP contribution in [0.25, 0.3) is 0 Å². The van der Waals surface area contributed by atoms with Crippen LogP contribution in [0.15, 0.2) is 24.3 Å². The Balaban J connectivity index is 1.52. The third-order valence-corrected chi connectivity index (χ3v) is 7.33. The lowest BCUT2D eigenvalue weighted by Crippen LogP contribution is -2.45. The monoisotopic (exact) mass is 394 g/mol. The SMILES string of the molecule is CCN1CCN(Cc2ccccc2CNC(=O)CN2CCCS2(=O)=O)CC1. The molecule has 2 fully saturated rings. The molecule has 3 rings (SSSR count). The summed E-state index contributed by atoms with van der Waals surface area (Å²) in [4.78, 5) is 17.1. The quantitative estimate of drug-likeness (QED) is 0.728. The molecule has 7 nitrogen and oxygen atoms in total. The van der Waals surface area contributed by atoms with E-state index in [9.17, 15) is 13.2 Å². The van der Waals surface area contributed by atoms with E-state index in [1.54, 1.807) is 0 Å². The number of carbonyl (C=O) groups excluding carboxylic acids is 1. The Bertz CT molecular complexity index is 745. The van der Waals surface area contributed by atoms with Crippen molar-refractivity contribution in [3.8, 4) is 0 Å². The summed E-state index contributed by atoms with van der Waals surface area (Å²) in [6, 6.07) is 8.15. The van der Waals surface area contributed by atoms with Gasteiger partial charge in [-0.05, 0) is 24.1 Å². The molecule has 150 valence electrons. The molecule has 1 N–H and O–H groups in total. The van der Waals surface area contributed by atoms with E-state index in [4.69, 9.17) is 0 Å². The zero-order chi connectivity index (χ0) is 19.3. The smallest absolute Gasteiger partial charge is 0.235 e.